The number of benzene rings is 2. The van der Waals surface area contributed by atoms with Gasteiger partial charge >= 0.3 is 0 Å². The summed E-state index contributed by atoms with van der Waals surface area (Å²) >= 11 is 0. The standard InChI is InChI=1S/C26H31FN2O2/c1-20(2)29(17-23-11-7-8-12-25(23)27)19-26(30)28(18-24-14-13-21(3)31-24)16-15-22-9-5-4-6-10-22/h4-14,20H,15-19H2,1-3H3/p+1. The Morgan fingerprint density at radius 2 is 1.74 bits per heavy atom. The maximum Gasteiger partial charge on any atom is 0.278 e. The number of halogens is 1. The highest BCUT2D eigenvalue weighted by Crippen LogP contribution is 2.11. The van der Waals surface area contributed by atoms with Gasteiger partial charge in [-0.05, 0) is 51.0 Å². The maximum atomic E-state index is 14.2. The Balaban J connectivity index is 1.72. The summed E-state index contributed by atoms with van der Waals surface area (Å²) in [4.78, 5) is 16.2. The summed E-state index contributed by atoms with van der Waals surface area (Å²) in [5, 5.41) is 0. The quantitative estimate of drug-likeness (QED) is 0.539. The molecule has 3 aromatic rings. The molecular formula is C26H32FN2O2+. The van der Waals surface area contributed by atoms with Gasteiger partial charge in [0, 0.05) is 12.1 Å². The van der Waals surface area contributed by atoms with Crippen LogP contribution in [0.3, 0.4) is 0 Å². The molecule has 1 unspecified atom stereocenters. The second-order valence-electron chi connectivity index (χ2n) is 8.32. The molecule has 1 aromatic heterocycles. The summed E-state index contributed by atoms with van der Waals surface area (Å²) in [6.07, 6.45) is 0.774. The van der Waals surface area contributed by atoms with Crippen LogP contribution in [-0.2, 0) is 24.3 Å². The number of quaternary nitrogens is 1. The Labute approximate surface area is 184 Å². The van der Waals surface area contributed by atoms with Crippen LogP contribution in [0.25, 0.3) is 0 Å². The largest absolute Gasteiger partial charge is 0.464 e. The van der Waals surface area contributed by atoms with Crippen molar-refractivity contribution in [2.24, 2.45) is 0 Å². The Bertz CT molecular complexity index is 968. The number of furan rings is 1. The number of rotatable bonds is 10. The summed E-state index contributed by atoms with van der Waals surface area (Å²) in [5.74, 6) is 1.43. The SMILES string of the molecule is Cc1ccc(CN(CCc2ccccc2)C(=O)C[NH+](Cc2ccccc2F)C(C)C)o1. The molecule has 3 rings (SSSR count). The molecule has 0 saturated carbocycles. The van der Waals surface area contributed by atoms with E-state index in [1.54, 1.807) is 12.1 Å². The lowest BCUT2D eigenvalue weighted by Crippen LogP contribution is -3.14. The molecule has 0 aliphatic carbocycles. The third-order valence-corrected chi connectivity index (χ3v) is 5.58. The van der Waals surface area contributed by atoms with Gasteiger partial charge in [-0.25, -0.2) is 4.39 Å². The average Bonchev–Trinajstić information content (AvgIpc) is 3.17. The van der Waals surface area contributed by atoms with Crippen molar-refractivity contribution in [1.82, 2.24) is 4.90 Å². The fourth-order valence-electron chi connectivity index (χ4n) is 3.62. The van der Waals surface area contributed by atoms with Gasteiger partial charge in [0.25, 0.3) is 5.91 Å². The van der Waals surface area contributed by atoms with Crippen LogP contribution >= 0.6 is 0 Å². The van der Waals surface area contributed by atoms with E-state index in [1.165, 1.54) is 11.6 Å². The first-order valence-corrected chi connectivity index (χ1v) is 10.9. The van der Waals surface area contributed by atoms with Crippen molar-refractivity contribution in [2.45, 2.75) is 46.3 Å². The third kappa shape index (κ3) is 6.79. The Hall–Kier alpha value is -2.92. The fourth-order valence-corrected chi connectivity index (χ4v) is 3.62. The van der Waals surface area contributed by atoms with Gasteiger partial charge in [-0.2, -0.15) is 0 Å². The summed E-state index contributed by atoms with van der Waals surface area (Å²) < 4.78 is 19.9. The van der Waals surface area contributed by atoms with Crippen molar-refractivity contribution >= 4 is 5.91 Å². The monoisotopic (exact) mass is 423 g/mol. The average molecular weight is 424 g/mol. The van der Waals surface area contributed by atoms with E-state index in [9.17, 15) is 9.18 Å². The number of amides is 1. The van der Waals surface area contributed by atoms with Crippen molar-refractivity contribution in [1.29, 1.82) is 0 Å². The zero-order chi connectivity index (χ0) is 22.2. The lowest BCUT2D eigenvalue weighted by atomic mass is 10.1. The fraction of sp³-hybridized carbons (Fsp3) is 0.346. The molecule has 0 fully saturated rings. The van der Waals surface area contributed by atoms with Gasteiger partial charge in [0.1, 0.15) is 23.9 Å². The van der Waals surface area contributed by atoms with Crippen molar-refractivity contribution < 1.29 is 18.5 Å². The normalized spacial score (nSPS) is 12.2. The second-order valence-corrected chi connectivity index (χ2v) is 8.32. The number of hydrogen-bond acceptors (Lipinski definition) is 2. The zero-order valence-corrected chi connectivity index (χ0v) is 18.6. The van der Waals surface area contributed by atoms with Gasteiger partial charge in [0.2, 0.25) is 0 Å². The van der Waals surface area contributed by atoms with Gasteiger partial charge in [0.15, 0.2) is 6.54 Å². The van der Waals surface area contributed by atoms with Crippen LogP contribution in [0, 0.1) is 12.7 Å². The minimum absolute atomic E-state index is 0.0463. The first kappa shape index (κ1) is 22.8. The third-order valence-electron chi connectivity index (χ3n) is 5.58. The molecule has 0 saturated heterocycles. The number of nitrogens with one attached hydrogen (secondary N) is 1. The summed E-state index contributed by atoms with van der Waals surface area (Å²) in [5.41, 5.74) is 1.83. The number of carbonyl (C=O) groups excluding carboxylic acids is 1. The molecule has 0 radical (unpaired) electrons. The van der Waals surface area contributed by atoms with Gasteiger partial charge in [-0.3, -0.25) is 4.79 Å². The predicted molar refractivity (Wildman–Crippen MR) is 120 cm³/mol. The molecular weight excluding hydrogens is 391 g/mol. The molecule has 1 N–H and O–H groups in total. The van der Waals surface area contributed by atoms with Crippen LogP contribution in [0.4, 0.5) is 4.39 Å². The van der Waals surface area contributed by atoms with E-state index in [-0.39, 0.29) is 17.8 Å². The van der Waals surface area contributed by atoms with Crippen LogP contribution in [0.15, 0.2) is 71.1 Å². The van der Waals surface area contributed by atoms with Crippen LogP contribution in [0.1, 0.15) is 36.5 Å². The van der Waals surface area contributed by atoms with Gasteiger partial charge in [-0.15, -0.1) is 0 Å². The molecule has 1 heterocycles. The minimum Gasteiger partial charge on any atom is -0.464 e. The van der Waals surface area contributed by atoms with E-state index < -0.39 is 0 Å². The van der Waals surface area contributed by atoms with Crippen LogP contribution < -0.4 is 4.90 Å². The van der Waals surface area contributed by atoms with Crippen LogP contribution in [0.2, 0.25) is 0 Å². The zero-order valence-electron chi connectivity index (χ0n) is 18.6. The molecule has 0 aliphatic heterocycles. The molecule has 164 valence electrons. The number of hydrogen-bond donors (Lipinski definition) is 1. The van der Waals surface area contributed by atoms with E-state index in [4.69, 9.17) is 4.42 Å². The molecule has 0 spiro atoms. The van der Waals surface area contributed by atoms with E-state index in [2.05, 4.69) is 26.0 Å². The molecule has 1 amide bonds. The van der Waals surface area contributed by atoms with Gasteiger partial charge < -0.3 is 14.2 Å². The summed E-state index contributed by atoms with van der Waals surface area (Å²) in [7, 11) is 0. The number of nitrogens with zero attached hydrogens (tertiary/aromatic N) is 1. The second kappa shape index (κ2) is 10.9. The number of carbonyl (C=O) groups is 1. The highest BCUT2D eigenvalue weighted by Gasteiger charge is 2.24. The predicted octanol–water partition coefficient (Wildman–Crippen LogP) is 3.79. The molecule has 0 bridgehead atoms. The van der Waals surface area contributed by atoms with E-state index in [0.717, 1.165) is 22.8 Å². The highest BCUT2D eigenvalue weighted by molar-refractivity contribution is 5.77. The molecule has 31 heavy (non-hydrogen) atoms. The highest BCUT2D eigenvalue weighted by atomic mass is 19.1. The lowest BCUT2D eigenvalue weighted by Gasteiger charge is -2.27. The van der Waals surface area contributed by atoms with E-state index in [0.29, 0.717) is 31.7 Å². The molecule has 5 heteroatoms. The van der Waals surface area contributed by atoms with Crippen molar-refractivity contribution in [3.8, 4) is 0 Å². The lowest BCUT2D eigenvalue weighted by molar-refractivity contribution is -0.927. The van der Waals surface area contributed by atoms with Crippen LogP contribution in [-0.4, -0.2) is 29.9 Å². The molecule has 4 nitrogen and oxygen atoms in total. The topological polar surface area (TPSA) is 37.9 Å². The molecule has 2 aromatic carbocycles. The first-order valence-electron chi connectivity index (χ1n) is 10.9. The summed E-state index contributed by atoms with van der Waals surface area (Å²) in [6, 6.07) is 21.0. The van der Waals surface area contributed by atoms with Crippen molar-refractivity contribution in [3.63, 3.8) is 0 Å². The number of aryl methyl sites for hydroxylation is 1. The van der Waals surface area contributed by atoms with Gasteiger partial charge in [0.05, 0.1) is 12.6 Å². The maximum absolute atomic E-state index is 14.2. The van der Waals surface area contributed by atoms with Crippen LogP contribution in [0.5, 0.6) is 0 Å². The van der Waals surface area contributed by atoms with E-state index in [1.807, 2.05) is 48.2 Å². The Morgan fingerprint density at radius 3 is 2.39 bits per heavy atom. The Kier molecular flexibility index (Phi) is 8.01. The smallest absolute Gasteiger partial charge is 0.278 e. The first-order chi connectivity index (χ1) is 14.9. The van der Waals surface area contributed by atoms with Crippen molar-refractivity contribution in [2.75, 3.05) is 13.1 Å². The van der Waals surface area contributed by atoms with E-state index >= 15 is 0 Å². The molecule has 0 aliphatic rings. The Morgan fingerprint density at radius 1 is 1.03 bits per heavy atom. The van der Waals surface area contributed by atoms with Gasteiger partial charge in [-0.1, -0.05) is 48.5 Å². The molecule has 1 atom stereocenters. The minimum atomic E-state index is -0.222. The summed E-state index contributed by atoms with van der Waals surface area (Å²) in [6.45, 7) is 7.85. The van der Waals surface area contributed by atoms with Crippen molar-refractivity contribution in [3.05, 3.63) is 95.2 Å².